The molecule has 1 aromatic heterocycles. The summed E-state index contributed by atoms with van der Waals surface area (Å²) >= 11 is 0. The highest BCUT2D eigenvalue weighted by molar-refractivity contribution is 5.91. The van der Waals surface area contributed by atoms with Gasteiger partial charge in [0, 0.05) is 17.6 Å². The maximum Gasteiger partial charge on any atom is 0.287 e. The van der Waals surface area contributed by atoms with Gasteiger partial charge >= 0.3 is 0 Å². The van der Waals surface area contributed by atoms with Gasteiger partial charge in [-0.1, -0.05) is 48.5 Å². The quantitative estimate of drug-likeness (QED) is 0.545. The zero-order chi connectivity index (χ0) is 21.7. The Bertz CT molecular complexity index is 976. The number of benzene rings is 2. The first kappa shape index (κ1) is 21.8. The van der Waals surface area contributed by atoms with Gasteiger partial charge in [0.25, 0.3) is 5.91 Å². The number of nitrogens with one attached hydrogen (secondary N) is 1. The Kier molecular flexibility index (Phi) is 6.73. The number of furan rings is 1. The van der Waals surface area contributed by atoms with Gasteiger partial charge in [-0.15, -0.1) is 0 Å². The van der Waals surface area contributed by atoms with Gasteiger partial charge in [-0.3, -0.25) is 9.69 Å². The zero-order valence-corrected chi connectivity index (χ0v) is 18.0. The first-order chi connectivity index (χ1) is 14.2. The van der Waals surface area contributed by atoms with E-state index < -0.39 is 0 Å². The van der Waals surface area contributed by atoms with Crippen LogP contribution in [0, 0.1) is 5.82 Å². The van der Waals surface area contributed by atoms with E-state index in [1.165, 1.54) is 6.07 Å². The van der Waals surface area contributed by atoms with E-state index in [-0.39, 0.29) is 29.1 Å². The smallest absolute Gasteiger partial charge is 0.287 e. The largest absolute Gasteiger partial charge is 0.455 e. The van der Waals surface area contributed by atoms with Crippen molar-refractivity contribution >= 4 is 5.91 Å². The second kappa shape index (κ2) is 9.26. The third kappa shape index (κ3) is 5.57. The van der Waals surface area contributed by atoms with E-state index in [0.717, 1.165) is 5.56 Å². The van der Waals surface area contributed by atoms with E-state index in [0.29, 0.717) is 24.4 Å². The number of amides is 1. The topological polar surface area (TPSA) is 45.5 Å². The molecular weight excluding hydrogens is 379 g/mol. The molecule has 158 valence electrons. The van der Waals surface area contributed by atoms with Crippen molar-refractivity contribution < 1.29 is 13.6 Å². The summed E-state index contributed by atoms with van der Waals surface area (Å²) in [6.07, 6.45) is 0. The summed E-state index contributed by atoms with van der Waals surface area (Å²) in [5, 5.41) is 2.96. The van der Waals surface area contributed by atoms with Crippen LogP contribution in [-0.2, 0) is 13.1 Å². The zero-order valence-electron chi connectivity index (χ0n) is 18.0. The molecule has 1 heterocycles. The number of rotatable bonds is 7. The predicted molar refractivity (Wildman–Crippen MR) is 116 cm³/mol. The van der Waals surface area contributed by atoms with Crippen molar-refractivity contribution in [3.05, 3.63) is 95.2 Å². The van der Waals surface area contributed by atoms with Gasteiger partial charge in [-0.25, -0.2) is 4.39 Å². The van der Waals surface area contributed by atoms with Crippen molar-refractivity contribution in [2.45, 2.75) is 52.4 Å². The van der Waals surface area contributed by atoms with Gasteiger partial charge in [0.1, 0.15) is 11.6 Å². The lowest BCUT2D eigenvalue weighted by atomic mass is 10.0. The van der Waals surface area contributed by atoms with Crippen LogP contribution in [0.25, 0.3) is 0 Å². The Hall–Kier alpha value is -2.92. The number of nitrogens with zero attached hydrogens (tertiary/aromatic N) is 1. The average molecular weight is 409 g/mol. The fourth-order valence-corrected chi connectivity index (χ4v) is 3.23. The third-order valence-electron chi connectivity index (χ3n) is 5.15. The number of carbonyl (C=O) groups excluding carboxylic acids is 1. The summed E-state index contributed by atoms with van der Waals surface area (Å²) in [7, 11) is 0. The minimum atomic E-state index is -0.256. The number of carbonyl (C=O) groups is 1. The SMILES string of the molecule is C[C@H](NC(=O)c1ccc(CN(Cc2ccccc2F)C(C)(C)C)o1)c1ccccc1. The van der Waals surface area contributed by atoms with Crippen LogP contribution < -0.4 is 5.32 Å². The van der Waals surface area contributed by atoms with E-state index in [4.69, 9.17) is 4.42 Å². The van der Waals surface area contributed by atoms with E-state index in [9.17, 15) is 9.18 Å². The van der Waals surface area contributed by atoms with Crippen LogP contribution in [0.1, 0.15) is 61.2 Å². The molecule has 0 fully saturated rings. The van der Waals surface area contributed by atoms with Crippen LogP contribution in [0.4, 0.5) is 4.39 Å². The van der Waals surface area contributed by atoms with Crippen molar-refractivity contribution in [1.82, 2.24) is 10.2 Å². The highest BCUT2D eigenvalue weighted by Gasteiger charge is 2.24. The molecule has 1 N–H and O–H groups in total. The average Bonchev–Trinajstić information content (AvgIpc) is 3.18. The van der Waals surface area contributed by atoms with Crippen molar-refractivity contribution in [3.63, 3.8) is 0 Å². The summed E-state index contributed by atoms with van der Waals surface area (Å²) in [6, 6.07) is 19.9. The van der Waals surface area contributed by atoms with Crippen LogP contribution in [0.3, 0.4) is 0 Å². The van der Waals surface area contributed by atoms with Crippen LogP contribution in [0.5, 0.6) is 0 Å². The van der Waals surface area contributed by atoms with Gasteiger partial charge < -0.3 is 9.73 Å². The maximum atomic E-state index is 14.1. The molecule has 0 aliphatic rings. The maximum absolute atomic E-state index is 14.1. The van der Waals surface area contributed by atoms with E-state index in [2.05, 4.69) is 31.0 Å². The lowest BCUT2D eigenvalue weighted by Crippen LogP contribution is -2.40. The van der Waals surface area contributed by atoms with Gasteiger partial charge in [-0.05, 0) is 51.5 Å². The fourth-order valence-electron chi connectivity index (χ4n) is 3.23. The van der Waals surface area contributed by atoms with Gasteiger partial charge in [0.2, 0.25) is 0 Å². The van der Waals surface area contributed by atoms with Crippen molar-refractivity contribution in [2.75, 3.05) is 0 Å². The van der Waals surface area contributed by atoms with Crippen LogP contribution in [0.15, 0.2) is 71.1 Å². The number of hydrogen-bond donors (Lipinski definition) is 1. The molecular formula is C25H29FN2O2. The highest BCUT2D eigenvalue weighted by Crippen LogP contribution is 2.23. The molecule has 0 saturated heterocycles. The second-order valence-corrected chi connectivity index (χ2v) is 8.49. The molecule has 30 heavy (non-hydrogen) atoms. The molecule has 0 bridgehead atoms. The summed E-state index contributed by atoms with van der Waals surface area (Å²) in [5.74, 6) is 0.460. The Morgan fingerprint density at radius 3 is 2.33 bits per heavy atom. The summed E-state index contributed by atoms with van der Waals surface area (Å²) in [6.45, 7) is 9.08. The predicted octanol–water partition coefficient (Wildman–Crippen LogP) is 5.71. The highest BCUT2D eigenvalue weighted by atomic mass is 19.1. The van der Waals surface area contributed by atoms with E-state index in [1.807, 2.05) is 49.4 Å². The standard InChI is InChI=1S/C25H29FN2O2/c1-18(19-10-6-5-7-11-19)27-24(29)23-15-14-21(30-23)17-28(25(2,3)4)16-20-12-8-9-13-22(20)26/h5-15,18H,16-17H2,1-4H3,(H,27,29)/t18-/m0/s1. The molecule has 1 atom stereocenters. The molecule has 0 aliphatic carbocycles. The van der Waals surface area contributed by atoms with Crippen molar-refractivity contribution in [2.24, 2.45) is 0 Å². The molecule has 3 rings (SSSR count). The van der Waals surface area contributed by atoms with E-state index in [1.54, 1.807) is 18.2 Å². The molecule has 0 unspecified atom stereocenters. The first-order valence-corrected chi connectivity index (χ1v) is 10.2. The molecule has 0 aliphatic heterocycles. The molecule has 5 heteroatoms. The summed E-state index contributed by atoms with van der Waals surface area (Å²) < 4.78 is 20.0. The van der Waals surface area contributed by atoms with Crippen LogP contribution >= 0.6 is 0 Å². The van der Waals surface area contributed by atoms with Gasteiger partial charge in [-0.2, -0.15) is 0 Å². The molecule has 4 nitrogen and oxygen atoms in total. The second-order valence-electron chi connectivity index (χ2n) is 8.49. The molecule has 2 aromatic carbocycles. The van der Waals surface area contributed by atoms with Crippen molar-refractivity contribution in [3.8, 4) is 0 Å². The Balaban J connectivity index is 1.69. The minimum absolute atomic E-state index is 0.126. The number of halogens is 1. The third-order valence-corrected chi connectivity index (χ3v) is 5.15. The molecule has 3 aromatic rings. The molecule has 0 saturated carbocycles. The summed E-state index contributed by atoms with van der Waals surface area (Å²) in [4.78, 5) is 14.7. The Morgan fingerprint density at radius 1 is 1.00 bits per heavy atom. The Morgan fingerprint density at radius 2 is 1.67 bits per heavy atom. The first-order valence-electron chi connectivity index (χ1n) is 10.2. The van der Waals surface area contributed by atoms with Crippen LogP contribution in [-0.4, -0.2) is 16.3 Å². The normalized spacial score (nSPS) is 12.7. The Labute approximate surface area is 177 Å². The van der Waals surface area contributed by atoms with E-state index >= 15 is 0 Å². The lowest BCUT2D eigenvalue weighted by Gasteiger charge is -2.35. The summed E-state index contributed by atoms with van der Waals surface area (Å²) in [5.41, 5.74) is 1.45. The number of hydrogen-bond acceptors (Lipinski definition) is 3. The fraction of sp³-hybridized carbons (Fsp3) is 0.320. The lowest BCUT2D eigenvalue weighted by molar-refractivity contribution is 0.0892. The monoisotopic (exact) mass is 408 g/mol. The molecule has 0 spiro atoms. The van der Waals surface area contributed by atoms with Crippen molar-refractivity contribution in [1.29, 1.82) is 0 Å². The molecule has 1 amide bonds. The van der Waals surface area contributed by atoms with Crippen LogP contribution in [0.2, 0.25) is 0 Å². The minimum Gasteiger partial charge on any atom is -0.455 e. The van der Waals surface area contributed by atoms with Gasteiger partial charge in [0.15, 0.2) is 5.76 Å². The van der Waals surface area contributed by atoms with Gasteiger partial charge in [0.05, 0.1) is 12.6 Å². The molecule has 0 radical (unpaired) electrons.